The third-order valence-corrected chi connectivity index (χ3v) is 3.14. The molecule has 0 spiro atoms. The van der Waals surface area contributed by atoms with Gasteiger partial charge in [0.2, 0.25) is 0 Å². The number of nitrogens with two attached hydrogens (primary N) is 1. The third-order valence-electron chi connectivity index (χ3n) is 3.14. The quantitative estimate of drug-likeness (QED) is 0.885. The van der Waals surface area contributed by atoms with Crippen LogP contribution in [0.4, 0.5) is 19.0 Å². The van der Waals surface area contributed by atoms with E-state index in [4.69, 9.17) is 5.73 Å². The minimum absolute atomic E-state index is 0.0273. The third kappa shape index (κ3) is 3.15. The summed E-state index contributed by atoms with van der Waals surface area (Å²) in [6.45, 7) is 1.85. The fourth-order valence-corrected chi connectivity index (χ4v) is 1.86. The van der Waals surface area contributed by atoms with Crippen LogP contribution >= 0.6 is 0 Å². The fourth-order valence-electron chi connectivity index (χ4n) is 1.86. The van der Waals surface area contributed by atoms with E-state index < -0.39 is 17.8 Å². The van der Waals surface area contributed by atoms with Crippen LogP contribution in [0.3, 0.4) is 0 Å². The minimum Gasteiger partial charge on any atom is -0.367 e. The van der Waals surface area contributed by atoms with E-state index >= 15 is 0 Å². The molecular formula is C12H14F3N3O. The average molecular weight is 273 g/mol. The number of rotatable bonds is 4. The van der Waals surface area contributed by atoms with Crippen molar-refractivity contribution in [2.75, 3.05) is 5.32 Å². The first-order valence-electron chi connectivity index (χ1n) is 5.93. The molecule has 2 rings (SSSR count). The van der Waals surface area contributed by atoms with E-state index in [2.05, 4.69) is 10.3 Å². The number of hydrogen-bond donors (Lipinski definition) is 2. The van der Waals surface area contributed by atoms with Gasteiger partial charge >= 0.3 is 6.18 Å². The van der Waals surface area contributed by atoms with Crippen LogP contribution in [0.25, 0.3) is 0 Å². The molecule has 19 heavy (non-hydrogen) atoms. The summed E-state index contributed by atoms with van der Waals surface area (Å²) < 4.78 is 37.8. The molecule has 0 bridgehead atoms. The van der Waals surface area contributed by atoms with Crippen LogP contribution in [0.1, 0.15) is 35.8 Å². The number of nitrogens with zero attached hydrogens (tertiary/aromatic N) is 1. The second-order valence-corrected chi connectivity index (χ2v) is 4.73. The van der Waals surface area contributed by atoms with E-state index in [1.54, 1.807) is 0 Å². The summed E-state index contributed by atoms with van der Waals surface area (Å²) in [7, 11) is 0. The number of amides is 1. The highest BCUT2D eigenvalue weighted by Crippen LogP contribution is 2.35. The van der Waals surface area contributed by atoms with Gasteiger partial charge in [0, 0.05) is 6.04 Å². The number of primary amides is 1. The van der Waals surface area contributed by atoms with Crippen molar-refractivity contribution in [2.45, 2.75) is 32.0 Å². The van der Waals surface area contributed by atoms with Crippen LogP contribution in [0.15, 0.2) is 12.1 Å². The van der Waals surface area contributed by atoms with Gasteiger partial charge in [-0.25, -0.2) is 4.98 Å². The van der Waals surface area contributed by atoms with Gasteiger partial charge in [-0.2, -0.15) is 13.2 Å². The number of pyridine rings is 1. The Morgan fingerprint density at radius 3 is 2.58 bits per heavy atom. The number of nitrogens with one attached hydrogen (secondary N) is 1. The van der Waals surface area contributed by atoms with E-state index in [-0.39, 0.29) is 17.4 Å². The van der Waals surface area contributed by atoms with E-state index in [1.165, 1.54) is 0 Å². The van der Waals surface area contributed by atoms with Gasteiger partial charge < -0.3 is 11.1 Å². The van der Waals surface area contributed by atoms with Crippen LogP contribution in [0.2, 0.25) is 0 Å². The Kier molecular flexibility index (Phi) is 3.38. The second kappa shape index (κ2) is 4.71. The molecule has 1 unspecified atom stereocenters. The smallest absolute Gasteiger partial charge is 0.367 e. The maximum absolute atomic E-state index is 12.6. The minimum atomic E-state index is -4.55. The van der Waals surface area contributed by atoms with Crippen LogP contribution < -0.4 is 11.1 Å². The number of carbonyl (C=O) groups is 1. The zero-order chi connectivity index (χ0) is 14.2. The molecule has 0 radical (unpaired) electrons. The summed E-state index contributed by atoms with van der Waals surface area (Å²) in [5, 5.41) is 2.85. The van der Waals surface area contributed by atoms with Gasteiger partial charge in [0.05, 0.1) is 5.56 Å². The first kappa shape index (κ1) is 13.6. The number of alkyl halides is 3. The molecule has 7 heteroatoms. The highest BCUT2D eigenvalue weighted by Gasteiger charge is 2.34. The molecule has 3 N–H and O–H groups in total. The standard InChI is InChI=1S/C12H14F3N3O/c1-6(7-2-3-7)17-11-8(10(16)19)4-5-9(18-11)12(13,14)15/h4-7H,2-3H2,1H3,(H2,16,19)(H,17,18). The second-order valence-electron chi connectivity index (χ2n) is 4.73. The van der Waals surface area contributed by atoms with Crippen molar-refractivity contribution in [1.82, 2.24) is 4.98 Å². The molecule has 1 heterocycles. The zero-order valence-corrected chi connectivity index (χ0v) is 10.3. The summed E-state index contributed by atoms with van der Waals surface area (Å²) in [5.41, 5.74) is 4.07. The van der Waals surface area contributed by atoms with Crippen LogP contribution in [0, 0.1) is 5.92 Å². The first-order valence-corrected chi connectivity index (χ1v) is 5.93. The summed E-state index contributed by atoms with van der Waals surface area (Å²) >= 11 is 0. The van der Waals surface area contributed by atoms with Crippen molar-refractivity contribution in [3.63, 3.8) is 0 Å². The number of aromatic nitrogens is 1. The maximum Gasteiger partial charge on any atom is 0.433 e. The zero-order valence-electron chi connectivity index (χ0n) is 10.3. The lowest BCUT2D eigenvalue weighted by Gasteiger charge is -2.17. The molecule has 1 aromatic rings. The Balaban J connectivity index is 2.32. The van der Waals surface area contributed by atoms with Crippen molar-refractivity contribution >= 4 is 11.7 Å². The lowest BCUT2D eigenvalue weighted by Crippen LogP contribution is -2.23. The van der Waals surface area contributed by atoms with E-state index in [0.717, 1.165) is 25.0 Å². The highest BCUT2D eigenvalue weighted by molar-refractivity contribution is 5.97. The molecule has 4 nitrogen and oxygen atoms in total. The summed E-state index contributed by atoms with van der Waals surface area (Å²) in [6, 6.07) is 1.78. The topological polar surface area (TPSA) is 68.0 Å². The number of hydrogen-bond acceptors (Lipinski definition) is 3. The molecule has 1 amide bonds. The Morgan fingerprint density at radius 2 is 2.11 bits per heavy atom. The van der Waals surface area contributed by atoms with Gasteiger partial charge in [-0.3, -0.25) is 4.79 Å². The molecule has 1 atom stereocenters. The molecule has 1 fully saturated rings. The van der Waals surface area contributed by atoms with Gasteiger partial charge in [-0.1, -0.05) is 0 Å². The lowest BCUT2D eigenvalue weighted by molar-refractivity contribution is -0.141. The Bertz CT molecular complexity index is 497. The molecule has 0 aliphatic heterocycles. The van der Waals surface area contributed by atoms with Crippen LogP contribution in [0.5, 0.6) is 0 Å². The molecule has 1 aromatic heterocycles. The number of carbonyl (C=O) groups excluding carboxylic acids is 1. The normalized spacial score (nSPS) is 17.1. The summed E-state index contributed by atoms with van der Waals surface area (Å²) in [4.78, 5) is 14.7. The van der Waals surface area contributed by atoms with Crippen molar-refractivity contribution in [2.24, 2.45) is 11.7 Å². The molecule has 0 aromatic carbocycles. The summed E-state index contributed by atoms with van der Waals surface area (Å²) in [5.74, 6) is -0.481. The van der Waals surface area contributed by atoms with Gasteiger partial charge in [-0.15, -0.1) is 0 Å². The molecule has 1 aliphatic carbocycles. The maximum atomic E-state index is 12.6. The van der Waals surface area contributed by atoms with E-state index in [0.29, 0.717) is 5.92 Å². The van der Waals surface area contributed by atoms with Crippen molar-refractivity contribution < 1.29 is 18.0 Å². The van der Waals surface area contributed by atoms with Gasteiger partial charge in [-0.05, 0) is 37.8 Å². The Hall–Kier alpha value is -1.79. The highest BCUT2D eigenvalue weighted by atomic mass is 19.4. The fraction of sp³-hybridized carbons (Fsp3) is 0.500. The first-order chi connectivity index (χ1) is 8.79. The van der Waals surface area contributed by atoms with Crippen molar-refractivity contribution in [3.05, 3.63) is 23.4 Å². The molecule has 1 saturated carbocycles. The number of anilines is 1. The molecular weight excluding hydrogens is 259 g/mol. The predicted molar refractivity (Wildman–Crippen MR) is 63.6 cm³/mol. The molecule has 1 aliphatic rings. The molecule has 104 valence electrons. The van der Waals surface area contributed by atoms with Crippen molar-refractivity contribution in [1.29, 1.82) is 0 Å². The van der Waals surface area contributed by atoms with E-state index in [9.17, 15) is 18.0 Å². The van der Waals surface area contributed by atoms with Crippen LogP contribution in [-0.2, 0) is 6.18 Å². The largest absolute Gasteiger partial charge is 0.433 e. The monoisotopic (exact) mass is 273 g/mol. The van der Waals surface area contributed by atoms with Gasteiger partial charge in [0.15, 0.2) is 0 Å². The predicted octanol–water partition coefficient (Wildman–Crippen LogP) is 2.41. The molecule has 0 saturated heterocycles. The van der Waals surface area contributed by atoms with Crippen LogP contribution in [-0.4, -0.2) is 16.9 Å². The van der Waals surface area contributed by atoms with E-state index in [1.807, 2.05) is 6.92 Å². The number of halogens is 3. The Labute approximate surface area is 108 Å². The SMILES string of the molecule is CC(Nc1nc(C(F)(F)F)ccc1C(N)=O)C1CC1. The van der Waals surface area contributed by atoms with Gasteiger partial charge in [0.1, 0.15) is 11.5 Å². The van der Waals surface area contributed by atoms with Gasteiger partial charge in [0.25, 0.3) is 5.91 Å². The lowest BCUT2D eigenvalue weighted by atomic mass is 10.1. The van der Waals surface area contributed by atoms with Crippen molar-refractivity contribution in [3.8, 4) is 0 Å². The summed E-state index contributed by atoms with van der Waals surface area (Å²) in [6.07, 6.45) is -2.49. The average Bonchev–Trinajstić information content (AvgIpc) is 3.10. The Morgan fingerprint density at radius 1 is 1.47 bits per heavy atom.